The number of methoxy groups -OCH3 is 2. The van der Waals surface area contributed by atoms with Crippen LogP contribution in [0.3, 0.4) is 0 Å². The number of aromatic nitrogens is 1. The van der Waals surface area contributed by atoms with Crippen molar-refractivity contribution in [2.45, 2.75) is 90.5 Å². The van der Waals surface area contributed by atoms with Gasteiger partial charge in [-0.2, -0.15) is 4.98 Å². The Balaban J connectivity index is 1.13. The number of aryl methyl sites for hydroxylation is 1. The number of rotatable bonds is 17. The first-order valence-corrected chi connectivity index (χ1v) is 18.9. The van der Waals surface area contributed by atoms with Gasteiger partial charge in [0, 0.05) is 18.2 Å². The first-order chi connectivity index (χ1) is 25.9. The Morgan fingerprint density at radius 3 is 1.87 bits per heavy atom. The monoisotopic (exact) mass is 776 g/mol. The summed E-state index contributed by atoms with van der Waals surface area (Å²) < 4.78 is 23.6. The lowest BCUT2D eigenvalue weighted by Crippen LogP contribution is -2.56. The molecule has 6 rings (SSSR count). The van der Waals surface area contributed by atoms with E-state index in [1.165, 1.54) is 7.11 Å². The fourth-order valence-corrected chi connectivity index (χ4v) is 7.81. The Bertz CT molecular complexity index is 1900. The van der Waals surface area contributed by atoms with E-state index in [0.717, 1.165) is 51.8 Å². The van der Waals surface area contributed by atoms with Gasteiger partial charge < -0.3 is 29.2 Å². The van der Waals surface area contributed by atoms with E-state index in [0.29, 0.717) is 71.5 Å². The molecule has 4 aromatic rings. The van der Waals surface area contributed by atoms with Crippen LogP contribution in [0.4, 0.5) is 0 Å². The number of halogens is 2. The third kappa shape index (κ3) is 7.97. The van der Waals surface area contributed by atoms with E-state index in [-0.39, 0.29) is 25.6 Å². The Kier molecular flexibility index (Phi) is 12.0. The zero-order valence-corrected chi connectivity index (χ0v) is 32.5. The van der Waals surface area contributed by atoms with Crippen LogP contribution in [-0.4, -0.2) is 46.9 Å². The number of carboxylic acids is 2. The number of nitrogens with zero attached hydrogens (tertiary/aromatic N) is 1. The molecule has 1 heterocycles. The zero-order valence-electron chi connectivity index (χ0n) is 31.0. The maximum Gasteiger partial charge on any atom is 0.323 e. The van der Waals surface area contributed by atoms with Crippen LogP contribution in [-0.2, 0) is 35.8 Å². The molecule has 1 aromatic heterocycles. The lowest BCUT2D eigenvalue weighted by molar-refractivity contribution is -0.155. The molecule has 0 spiro atoms. The van der Waals surface area contributed by atoms with E-state index in [1.54, 1.807) is 19.2 Å². The minimum absolute atomic E-state index is 0.213. The van der Waals surface area contributed by atoms with Crippen LogP contribution < -0.4 is 24.3 Å². The van der Waals surface area contributed by atoms with Crippen LogP contribution in [0, 0.1) is 19.3 Å². The van der Waals surface area contributed by atoms with E-state index >= 15 is 0 Å². The summed E-state index contributed by atoms with van der Waals surface area (Å²) in [4.78, 5) is 28.2. The van der Waals surface area contributed by atoms with Gasteiger partial charge >= 0.3 is 11.9 Å². The molecule has 286 valence electrons. The van der Waals surface area contributed by atoms with Gasteiger partial charge in [0.1, 0.15) is 35.3 Å². The number of aliphatic carboxylic acids is 2. The smallest absolute Gasteiger partial charge is 0.323 e. The molecule has 12 heteroatoms. The first kappa shape index (κ1) is 39.2. The van der Waals surface area contributed by atoms with E-state index in [9.17, 15) is 19.8 Å². The van der Waals surface area contributed by atoms with Gasteiger partial charge in [-0.15, -0.1) is 0 Å². The molecule has 2 aliphatic carbocycles. The predicted molar refractivity (Wildman–Crippen MR) is 207 cm³/mol. The van der Waals surface area contributed by atoms with Gasteiger partial charge in [-0.25, -0.2) is 0 Å². The van der Waals surface area contributed by atoms with E-state index in [2.05, 4.69) is 36.3 Å². The number of ether oxygens (including phenoxy) is 4. The predicted octanol–water partition coefficient (Wildman–Crippen LogP) is 9.13. The van der Waals surface area contributed by atoms with Crippen molar-refractivity contribution < 1.29 is 38.7 Å². The van der Waals surface area contributed by atoms with Crippen molar-refractivity contribution in [1.82, 2.24) is 10.3 Å². The number of hydrogen-bond acceptors (Lipinski definition) is 8. The number of hydrogen-bond donors (Lipinski definition) is 3. The third-order valence-corrected chi connectivity index (χ3v) is 11.9. The quantitative estimate of drug-likeness (QED) is 0.0953. The Morgan fingerprint density at radius 2 is 1.35 bits per heavy atom. The minimum Gasteiger partial charge on any atom is -0.496 e. The fourth-order valence-electron chi connectivity index (χ4n) is 7.34. The summed E-state index contributed by atoms with van der Waals surface area (Å²) in [6, 6.07) is 17.5. The van der Waals surface area contributed by atoms with Gasteiger partial charge in [0.25, 0.3) is 0 Å². The molecule has 0 amide bonds. The number of pyridine rings is 1. The maximum atomic E-state index is 11.9. The topological polar surface area (TPSA) is 136 Å². The molecule has 2 fully saturated rings. The van der Waals surface area contributed by atoms with Crippen molar-refractivity contribution in [3.63, 3.8) is 0 Å². The number of carboxylic acid groups (broad SMARTS) is 2. The summed E-state index contributed by atoms with van der Waals surface area (Å²) in [5.41, 5.74) is 6.06. The standard InChI is InChI=1S/C42H46Cl2N2O8/c1-25-28(23-53-36-21-35(51-3)27(19-33(36)43)13-18-41(39(47)48)14-7-15-41)9-5-11-31(25)32-12-6-10-29(26(32)2)24-54-38-34(44)20-30(37(46-38)52-4)22-45-42(40(49)50)16-8-17-42/h5-6,9-12,19-21,45H,7-8,13-18,22-24H2,1-4H3,(H,47,48)(H,49,50). The van der Waals surface area contributed by atoms with Gasteiger partial charge in [-0.1, -0.05) is 66.0 Å². The van der Waals surface area contributed by atoms with Crippen LogP contribution in [0.25, 0.3) is 11.1 Å². The average molecular weight is 778 g/mol. The lowest BCUT2D eigenvalue weighted by atomic mass is 9.66. The highest BCUT2D eigenvalue weighted by Gasteiger charge is 2.44. The van der Waals surface area contributed by atoms with Crippen molar-refractivity contribution in [3.8, 4) is 34.4 Å². The maximum absolute atomic E-state index is 11.9. The highest BCUT2D eigenvalue weighted by atomic mass is 35.5. The SMILES string of the molecule is COc1cc(OCc2cccc(-c3cccc(COc4nc(OC)c(CNC5(C(=O)O)CCC5)cc4Cl)c3C)c2C)c(Cl)cc1CCC1(C(=O)O)CCC1. The molecular weight excluding hydrogens is 731 g/mol. The highest BCUT2D eigenvalue weighted by Crippen LogP contribution is 2.46. The van der Waals surface area contributed by atoms with Crippen molar-refractivity contribution >= 4 is 35.1 Å². The second-order valence-corrected chi connectivity index (χ2v) is 15.1. The van der Waals surface area contributed by atoms with Crippen LogP contribution >= 0.6 is 23.2 Å². The van der Waals surface area contributed by atoms with Crippen molar-refractivity contribution in [1.29, 1.82) is 0 Å². The second kappa shape index (κ2) is 16.5. The summed E-state index contributed by atoms with van der Waals surface area (Å²) in [7, 11) is 3.10. The van der Waals surface area contributed by atoms with Gasteiger partial charge in [0.15, 0.2) is 0 Å². The minimum atomic E-state index is -0.930. The molecule has 0 bridgehead atoms. The van der Waals surface area contributed by atoms with Gasteiger partial charge in [0.2, 0.25) is 11.8 Å². The lowest BCUT2D eigenvalue weighted by Gasteiger charge is -2.38. The molecule has 2 aliphatic rings. The number of carbonyl (C=O) groups is 2. The Morgan fingerprint density at radius 1 is 0.741 bits per heavy atom. The third-order valence-electron chi connectivity index (χ3n) is 11.3. The molecule has 3 aromatic carbocycles. The van der Waals surface area contributed by atoms with Crippen molar-refractivity contribution in [2.24, 2.45) is 5.41 Å². The molecule has 0 saturated heterocycles. The summed E-state index contributed by atoms with van der Waals surface area (Å²) in [6.45, 7) is 4.86. The van der Waals surface area contributed by atoms with E-state index in [1.807, 2.05) is 30.3 Å². The molecule has 0 radical (unpaired) electrons. The van der Waals surface area contributed by atoms with Gasteiger partial charge in [-0.3, -0.25) is 14.9 Å². The Hall–Kier alpha value is -4.51. The highest BCUT2D eigenvalue weighted by molar-refractivity contribution is 6.32. The molecule has 0 aliphatic heterocycles. The molecular formula is C42H46Cl2N2O8. The molecule has 0 unspecified atom stereocenters. The Labute approximate surface area is 325 Å². The molecule has 0 atom stereocenters. The van der Waals surface area contributed by atoms with Crippen molar-refractivity contribution in [2.75, 3.05) is 14.2 Å². The van der Waals surface area contributed by atoms with Gasteiger partial charge in [-0.05, 0) is 110 Å². The molecule has 54 heavy (non-hydrogen) atoms. The average Bonchev–Trinajstić information content (AvgIpc) is 3.10. The summed E-state index contributed by atoms with van der Waals surface area (Å²) in [5.74, 6) is 0.0553. The molecule has 10 nitrogen and oxygen atoms in total. The normalized spacial score (nSPS) is 15.4. The van der Waals surface area contributed by atoms with E-state index < -0.39 is 22.9 Å². The van der Waals surface area contributed by atoms with Crippen molar-refractivity contribution in [3.05, 3.63) is 98.0 Å². The molecule has 2 saturated carbocycles. The largest absolute Gasteiger partial charge is 0.496 e. The van der Waals surface area contributed by atoms with Crippen LogP contribution in [0.5, 0.6) is 23.3 Å². The number of benzene rings is 3. The van der Waals surface area contributed by atoms with Gasteiger partial charge in [0.05, 0.1) is 24.7 Å². The fraction of sp³-hybridized carbons (Fsp3) is 0.405. The molecule has 3 N–H and O–H groups in total. The second-order valence-electron chi connectivity index (χ2n) is 14.3. The van der Waals surface area contributed by atoms with Crippen LogP contribution in [0.2, 0.25) is 10.0 Å². The van der Waals surface area contributed by atoms with Crippen LogP contribution in [0.1, 0.15) is 78.3 Å². The van der Waals surface area contributed by atoms with Crippen LogP contribution in [0.15, 0.2) is 54.6 Å². The first-order valence-electron chi connectivity index (χ1n) is 18.1. The number of nitrogens with one attached hydrogen (secondary N) is 1. The summed E-state index contributed by atoms with van der Waals surface area (Å²) in [5, 5.41) is 23.3. The summed E-state index contributed by atoms with van der Waals surface area (Å²) in [6.07, 6.45) is 5.44. The zero-order chi connectivity index (χ0) is 38.6. The summed E-state index contributed by atoms with van der Waals surface area (Å²) >= 11 is 13.3. The van der Waals surface area contributed by atoms with E-state index in [4.69, 9.17) is 42.1 Å².